The predicted molar refractivity (Wildman–Crippen MR) is 41.5 cm³/mol. The highest BCUT2D eigenvalue weighted by Gasteiger charge is 2.30. The number of ether oxygens (including phenoxy) is 1. The van der Waals surface area contributed by atoms with E-state index in [-0.39, 0.29) is 18.9 Å². The molecular formula is C7H13NO4. The average molecular weight is 175 g/mol. The number of aliphatic hydroxyl groups is 3. The van der Waals surface area contributed by atoms with Crippen LogP contribution in [0.5, 0.6) is 0 Å². The fraction of sp³-hybridized carbons (Fsp3) is 0.714. The molecule has 0 amide bonds. The number of nitrogens with two attached hydrogens (primary N) is 1. The van der Waals surface area contributed by atoms with Crippen LogP contribution in [0.25, 0.3) is 0 Å². The molecule has 5 nitrogen and oxygen atoms in total. The van der Waals surface area contributed by atoms with Gasteiger partial charge in [-0.05, 0) is 6.08 Å². The van der Waals surface area contributed by atoms with Gasteiger partial charge in [0.1, 0.15) is 18.0 Å². The Kier molecular flexibility index (Phi) is 3.05. The first-order valence-electron chi connectivity index (χ1n) is 3.74. The van der Waals surface area contributed by atoms with Gasteiger partial charge in [0.05, 0.1) is 12.7 Å². The standard InChI is InChI=1S/C7H13NO4/c8-2-4-1-5(10)7(11)6(3-9)12-4/h1,4,6-7,9-11H,2-3,8H2/t4-,6?,7-/m1/s1. The normalized spacial score (nSPS) is 36.2. The fourth-order valence-electron chi connectivity index (χ4n) is 1.08. The van der Waals surface area contributed by atoms with E-state index < -0.39 is 18.3 Å². The van der Waals surface area contributed by atoms with Crippen LogP contribution in [0.1, 0.15) is 0 Å². The Hall–Kier alpha value is -0.620. The smallest absolute Gasteiger partial charge is 0.139 e. The zero-order valence-electron chi connectivity index (χ0n) is 6.55. The summed E-state index contributed by atoms with van der Waals surface area (Å²) in [4.78, 5) is 0. The molecule has 0 saturated heterocycles. The van der Waals surface area contributed by atoms with Crippen molar-refractivity contribution in [1.82, 2.24) is 0 Å². The van der Waals surface area contributed by atoms with E-state index in [4.69, 9.17) is 20.7 Å². The lowest BCUT2D eigenvalue weighted by Gasteiger charge is -2.29. The molecule has 0 aromatic heterocycles. The molecule has 0 aromatic rings. The molecule has 0 bridgehead atoms. The van der Waals surface area contributed by atoms with E-state index >= 15 is 0 Å². The maximum atomic E-state index is 9.21. The van der Waals surface area contributed by atoms with Gasteiger partial charge in [-0.25, -0.2) is 0 Å². The molecule has 1 rings (SSSR count). The lowest BCUT2D eigenvalue weighted by molar-refractivity contribution is -0.0944. The molecule has 0 saturated carbocycles. The van der Waals surface area contributed by atoms with Gasteiger partial charge in [-0.1, -0.05) is 0 Å². The number of hydrogen-bond donors (Lipinski definition) is 4. The van der Waals surface area contributed by atoms with E-state index in [2.05, 4.69) is 0 Å². The van der Waals surface area contributed by atoms with Crippen molar-refractivity contribution in [3.05, 3.63) is 11.8 Å². The second-order valence-corrected chi connectivity index (χ2v) is 2.67. The van der Waals surface area contributed by atoms with Crippen LogP contribution in [-0.4, -0.2) is 46.8 Å². The number of rotatable bonds is 2. The molecule has 0 aromatic carbocycles. The van der Waals surface area contributed by atoms with Crippen LogP contribution in [0.15, 0.2) is 11.8 Å². The Balaban J connectivity index is 2.69. The summed E-state index contributed by atoms with van der Waals surface area (Å²) in [5.41, 5.74) is 5.28. The highest BCUT2D eigenvalue weighted by Crippen LogP contribution is 2.16. The average Bonchev–Trinajstić information content (AvgIpc) is 2.09. The zero-order valence-corrected chi connectivity index (χ0v) is 6.55. The van der Waals surface area contributed by atoms with Crippen LogP contribution >= 0.6 is 0 Å². The molecule has 70 valence electrons. The first-order valence-corrected chi connectivity index (χ1v) is 3.74. The Morgan fingerprint density at radius 1 is 1.58 bits per heavy atom. The monoisotopic (exact) mass is 175 g/mol. The Bertz CT molecular complexity index is 182. The van der Waals surface area contributed by atoms with Crippen LogP contribution in [0.4, 0.5) is 0 Å². The third-order valence-electron chi connectivity index (χ3n) is 1.77. The maximum absolute atomic E-state index is 9.21. The quantitative estimate of drug-likeness (QED) is 0.410. The van der Waals surface area contributed by atoms with E-state index in [0.717, 1.165) is 0 Å². The van der Waals surface area contributed by atoms with Crippen LogP contribution in [0.3, 0.4) is 0 Å². The third-order valence-corrected chi connectivity index (χ3v) is 1.77. The Morgan fingerprint density at radius 2 is 2.25 bits per heavy atom. The van der Waals surface area contributed by atoms with Gasteiger partial charge in [-0.15, -0.1) is 0 Å². The van der Waals surface area contributed by atoms with Crippen LogP contribution in [0.2, 0.25) is 0 Å². The molecule has 0 aliphatic carbocycles. The molecule has 0 fully saturated rings. The summed E-state index contributed by atoms with van der Waals surface area (Å²) in [5, 5.41) is 27.1. The lowest BCUT2D eigenvalue weighted by atomic mass is 10.1. The Labute approximate surface area is 70.1 Å². The topological polar surface area (TPSA) is 95.9 Å². The molecule has 5 N–H and O–H groups in total. The molecule has 0 spiro atoms. The lowest BCUT2D eigenvalue weighted by Crippen LogP contribution is -2.43. The molecule has 1 aliphatic rings. The number of aliphatic hydroxyl groups excluding tert-OH is 3. The third kappa shape index (κ3) is 1.75. The molecule has 1 aliphatic heterocycles. The van der Waals surface area contributed by atoms with Crippen LogP contribution in [-0.2, 0) is 4.74 Å². The highest BCUT2D eigenvalue weighted by molar-refractivity contribution is 5.08. The van der Waals surface area contributed by atoms with Crippen LogP contribution in [0, 0.1) is 0 Å². The van der Waals surface area contributed by atoms with Gasteiger partial charge in [0.2, 0.25) is 0 Å². The summed E-state index contributed by atoms with van der Waals surface area (Å²) in [7, 11) is 0. The van der Waals surface area contributed by atoms with Crippen LogP contribution < -0.4 is 5.73 Å². The van der Waals surface area contributed by atoms with Gasteiger partial charge in [0.25, 0.3) is 0 Å². The molecule has 3 atom stereocenters. The van der Waals surface area contributed by atoms with Crippen molar-refractivity contribution in [1.29, 1.82) is 0 Å². The first-order chi connectivity index (χ1) is 5.69. The minimum absolute atomic E-state index is 0.184. The maximum Gasteiger partial charge on any atom is 0.139 e. The molecule has 0 radical (unpaired) electrons. The van der Waals surface area contributed by atoms with E-state index in [0.29, 0.717) is 0 Å². The summed E-state index contributed by atoms with van der Waals surface area (Å²) in [6.07, 6.45) is -0.997. The Morgan fingerprint density at radius 3 is 2.75 bits per heavy atom. The van der Waals surface area contributed by atoms with Gasteiger partial charge in [0.15, 0.2) is 0 Å². The second kappa shape index (κ2) is 3.86. The molecule has 1 unspecified atom stereocenters. The summed E-state index contributed by atoms with van der Waals surface area (Å²) in [6, 6.07) is 0. The van der Waals surface area contributed by atoms with Gasteiger partial charge >= 0.3 is 0 Å². The summed E-state index contributed by atoms with van der Waals surface area (Å²) >= 11 is 0. The molecule has 12 heavy (non-hydrogen) atoms. The van der Waals surface area contributed by atoms with Gasteiger partial charge < -0.3 is 25.8 Å². The van der Waals surface area contributed by atoms with Crippen molar-refractivity contribution in [3.63, 3.8) is 0 Å². The SMILES string of the molecule is NC[C@H]1C=C(O)[C@@H](O)C(CO)O1. The molecular weight excluding hydrogens is 162 g/mol. The van der Waals surface area contributed by atoms with Crippen molar-refractivity contribution in [2.75, 3.05) is 13.2 Å². The second-order valence-electron chi connectivity index (χ2n) is 2.67. The predicted octanol–water partition coefficient (Wildman–Crippen LogP) is -1.49. The summed E-state index contributed by atoms with van der Waals surface area (Å²) < 4.78 is 5.11. The largest absolute Gasteiger partial charge is 0.510 e. The zero-order chi connectivity index (χ0) is 9.14. The van der Waals surface area contributed by atoms with Crippen molar-refractivity contribution >= 4 is 0 Å². The minimum atomic E-state index is -1.14. The van der Waals surface area contributed by atoms with Gasteiger partial charge in [0, 0.05) is 6.54 Å². The van der Waals surface area contributed by atoms with Crippen molar-refractivity contribution in [3.8, 4) is 0 Å². The van der Waals surface area contributed by atoms with Crippen molar-refractivity contribution in [2.24, 2.45) is 5.73 Å². The molecule has 5 heteroatoms. The highest BCUT2D eigenvalue weighted by atomic mass is 16.5. The fourth-order valence-corrected chi connectivity index (χ4v) is 1.08. The minimum Gasteiger partial charge on any atom is -0.510 e. The molecule has 1 heterocycles. The van der Waals surface area contributed by atoms with E-state index in [1.54, 1.807) is 0 Å². The van der Waals surface area contributed by atoms with Gasteiger partial charge in [-0.3, -0.25) is 0 Å². The summed E-state index contributed by atoms with van der Waals surface area (Å²) in [6.45, 7) is -0.122. The van der Waals surface area contributed by atoms with E-state index in [1.165, 1.54) is 6.08 Å². The van der Waals surface area contributed by atoms with E-state index in [1.807, 2.05) is 0 Å². The van der Waals surface area contributed by atoms with Crippen molar-refractivity contribution in [2.45, 2.75) is 18.3 Å². The number of hydrogen-bond acceptors (Lipinski definition) is 5. The van der Waals surface area contributed by atoms with E-state index in [9.17, 15) is 5.11 Å². The van der Waals surface area contributed by atoms with Gasteiger partial charge in [-0.2, -0.15) is 0 Å². The summed E-state index contributed by atoms with van der Waals surface area (Å²) in [5.74, 6) is -0.184. The van der Waals surface area contributed by atoms with Crippen molar-refractivity contribution < 1.29 is 20.1 Å². The first kappa shape index (κ1) is 9.47.